The Balaban J connectivity index is 1.65. The number of rotatable bonds is 6. The lowest BCUT2D eigenvalue weighted by atomic mass is 9.86. The van der Waals surface area contributed by atoms with Gasteiger partial charge >= 0.3 is 5.97 Å². The minimum Gasteiger partial charge on any atom is -0.469 e. The number of nitrogens with zero attached hydrogens (tertiary/aromatic N) is 2. The van der Waals surface area contributed by atoms with Crippen LogP contribution in [0.4, 0.5) is 5.69 Å². The molecule has 1 unspecified atom stereocenters. The summed E-state index contributed by atoms with van der Waals surface area (Å²) in [5.74, 6) is -1.38. The van der Waals surface area contributed by atoms with Crippen molar-refractivity contribution in [2.45, 2.75) is 18.9 Å². The van der Waals surface area contributed by atoms with Gasteiger partial charge in [0.05, 0.1) is 25.6 Å². The summed E-state index contributed by atoms with van der Waals surface area (Å²) in [6.45, 7) is 0.0992. The number of methoxy groups -OCH3 is 1. The van der Waals surface area contributed by atoms with Crippen LogP contribution in [-0.4, -0.2) is 31.4 Å². The number of carbonyl (C=O) groups is 3. The molecule has 1 aliphatic rings. The number of esters is 1. The van der Waals surface area contributed by atoms with Gasteiger partial charge in [0.1, 0.15) is 12.6 Å². The molecule has 0 spiro atoms. The third kappa shape index (κ3) is 4.64. The number of benzene rings is 2. The van der Waals surface area contributed by atoms with Crippen LogP contribution in [-0.2, 0) is 20.9 Å². The number of hydrogen-bond acceptors (Lipinski definition) is 6. The van der Waals surface area contributed by atoms with Gasteiger partial charge in [-0.15, -0.1) is 11.3 Å². The average Bonchev–Trinajstić information content (AvgIpc) is 3.29. The normalized spacial score (nSPS) is 14.5. The molecular weight excluding hydrogens is 438 g/mol. The summed E-state index contributed by atoms with van der Waals surface area (Å²) in [5, 5.41) is 13.5. The van der Waals surface area contributed by atoms with Gasteiger partial charge < -0.3 is 10.1 Å². The molecule has 2 aromatic carbocycles. The maximum absolute atomic E-state index is 13.5. The number of nitriles is 1. The van der Waals surface area contributed by atoms with E-state index >= 15 is 0 Å². The smallest absolute Gasteiger partial charge is 0.306 e. The molecule has 0 aliphatic carbocycles. The number of nitrogens with one attached hydrogen (secondary N) is 1. The standard InChI is InChI=1S/C25H21N3O4S/c1-32-24(30)11-21-18-6-2-3-8-20(18)25(31)28(22-9-5-4-7-19(21)22)14-23(29)27-13-17-10-16(12-26)15-33-17/h2-10,15,21H,11,13-14H2,1H3,(H,27,29). The fourth-order valence-electron chi connectivity index (χ4n) is 3.99. The molecule has 1 aliphatic heterocycles. The van der Waals surface area contributed by atoms with E-state index in [1.165, 1.54) is 23.3 Å². The molecule has 0 fully saturated rings. The number of fused-ring (bicyclic) bond motifs is 2. The minimum absolute atomic E-state index is 0.0808. The predicted octanol–water partition coefficient (Wildman–Crippen LogP) is 3.59. The summed E-state index contributed by atoms with van der Waals surface area (Å²) >= 11 is 1.39. The zero-order chi connectivity index (χ0) is 23.4. The fourth-order valence-corrected chi connectivity index (χ4v) is 4.74. The van der Waals surface area contributed by atoms with Crippen molar-refractivity contribution in [1.82, 2.24) is 5.32 Å². The minimum atomic E-state index is -0.379. The highest BCUT2D eigenvalue weighted by molar-refractivity contribution is 7.10. The molecule has 4 rings (SSSR count). The van der Waals surface area contributed by atoms with Crippen LogP contribution in [0, 0.1) is 11.3 Å². The number of anilines is 1. The summed E-state index contributed by atoms with van der Waals surface area (Å²) < 4.78 is 4.91. The van der Waals surface area contributed by atoms with Gasteiger partial charge in [0, 0.05) is 27.4 Å². The van der Waals surface area contributed by atoms with Crippen LogP contribution >= 0.6 is 11.3 Å². The summed E-state index contributed by atoms with van der Waals surface area (Å²) in [6.07, 6.45) is 0.0808. The van der Waals surface area contributed by atoms with E-state index in [-0.39, 0.29) is 43.2 Å². The third-order valence-corrected chi connectivity index (χ3v) is 6.49. The fraction of sp³-hybridized carbons (Fsp3) is 0.200. The number of carbonyl (C=O) groups excluding carboxylic acids is 3. The van der Waals surface area contributed by atoms with Crippen molar-refractivity contribution in [2.75, 3.05) is 18.6 Å². The second-order valence-corrected chi connectivity index (χ2v) is 8.56. The molecule has 0 radical (unpaired) electrons. The van der Waals surface area contributed by atoms with Gasteiger partial charge in [-0.3, -0.25) is 19.3 Å². The molecule has 1 aromatic heterocycles. The molecule has 0 saturated heterocycles. The van der Waals surface area contributed by atoms with Crippen molar-refractivity contribution in [3.8, 4) is 6.07 Å². The van der Waals surface area contributed by atoms with Crippen LogP contribution in [0.2, 0.25) is 0 Å². The lowest BCUT2D eigenvalue weighted by Gasteiger charge is -2.23. The van der Waals surface area contributed by atoms with Gasteiger partial charge in [-0.25, -0.2) is 0 Å². The van der Waals surface area contributed by atoms with Crippen molar-refractivity contribution in [3.63, 3.8) is 0 Å². The summed E-state index contributed by atoms with van der Waals surface area (Å²) in [5.41, 5.74) is 3.10. The highest BCUT2D eigenvalue weighted by atomic mass is 32.1. The molecule has 0 bridgehead atoms. The Morgan fingerprint density at radius 3 is 2.61 bits per heavy atom. The van der Waals surface area contributed by atoms with Gasteiger partial charge in [0.25, 0.3) is 5.91 Å². The molecule has 2 amide bonds. The number of hydrogen-bond donors (Lipinski definition) is 1. The van der Waals surface area contributed by atoms with E-state index in [1.807, 2.05) is 24.3 Å². The highest BCUT2D eigenvalue weighted by Crippen LogP contribution is 2.40. The van der Waals surface area contributed by atoms with Crippen molar-refractivity contribution < 1.29 is 19.1 Å². The Bertz CT molecular complexity index is 1260. The Hall–Kier alpha value is -3.96. The van der Waals surface area contributed by atoms with Crippen LogP contribution in [0.25, 0.3) is 0 Å². The van der Waals surface area contributed by atoms with Crippen molar-refractivity contribution in [2.24, 2.45) is 0 Å². The Morgan fingerprint density at radius 2 is 1.88 bits per heavy atom. The highest BCUT2D eigenvalue weighted by Gasteiger charge is 2.34. The van der Waals surface area contributed by atoms with E-state index in [0.29, 0.717) is 16.8 Å². The van der Waals surface area contributed by atoms with E-state index in [0.717, 1.165) is 16.0 Å². The average molecular weight is 460 g/mol. The number of thiophene rings is 1. The second-order valence-electron chi connectivity index (χ2n) is 7.56. The van der Waals surface area contributed by atoms with Gasteiger partial charge in [-0.05, 0) is 29.3 Å². The molecule has 1 N–H and O–H groups in total. The number of para-hydroxylation sites is 1. The molecular formula is C25H21N3O4S. The molecule has 166 valence electrons. The number of ether oxygens (including phenoxy) is 1. The topological polar surface area (TPSA) is 99.5 Å². The van der Waals surface area contributed by atoms with Crippen molar-refractivity contribution in [1.29, 1.82) is 5.26 Å². The van der Waals surface area contributed by atoms with Crippen LogP contribution in [0.1, 0.15) is 44.3 Å². The first kappa shape index (κ1) is 22.2. The maximum Gasteiger partial charge on any atom is 0.306 e. The summed E-state index contributed by atoms with van der Waals surface area (Å²) in [7, 11) is 1.34. The quantitative estimate of drug-likeness (QED) is 0.568. The summed E-state index contributed by atoms with van der Waals surface area (Å²) in [4.78, 5) is 40.9. The molecule has 33 heavy (non-hydrogen) atoms. The van der Waals surface area contributed by atoms with Gasteiger partial charge in [0.2, 0.25) is 5.91 Å². The Labute approximate surface area is 195 Å². The second kappa shape index (κ2) is 9.67. The first-order chi connectivity index (χ1) is 16.0. The van der Waals surface area contributed by atoms with Crippen molar-refractivity contribution in [3.05, 3.63) is 87.1 Å². The lowest BCUT2D eigenvalue weighted by molar-refractivity contribution is -0.140. The van der Waals surface area contributed by atoms with Crippen LogP contribution in [0.5, 0.6) is 0 Å². The maximum atomic E-state index is 13.5. The van der Waals surface area contributed by atoms with Gasteiger partial charge in [0.15, 0.2) is 0 Å². The zero-order valence-corrected chi connectivity index (χ0v) is 18.7. The van der Waals surface area contributed by atoms with E-state index < -0.39 is 0 Å². The summed E-state index contributed by atoms with van der Waals surface area (Å²) in [6, 6.07) is 18.3. The third-order valence-electron chi connectivity index (χ3n) is 5.56. The Kier molecular flexibility index (Phi) is 6.52. The van der Waals surface area contributed by atoms with E-state index in [2.05, 4.69) is 11.4 Å². The largest absolute Gasteiger partial charge is 0.469 e. The Morgan fingerprint density at radius 1 is 1.15 bits per heavy atom. The molecule has 2 heterocycles. The zero-order valence-electron chi connectivity index (χ0n) is 17.9. The van der Waals surface area contributed by atoms with Crippen LogP contribution in [0.15, 0.2) is 60.0 Å². The molecule has 3 aromatic rings. The predicted molar refractivity (Wildman–Crippen MR) is 124 cm³/mol. The lowest BCUT2D eigenvalue weighted by Crippen LogP contribution is -2.40. The molecule has 1 atom stereocenters. The van der Waals surface area contributed by atoms with E-state index in [9.17, 15) is 14.4 Å². The monoisotopic (exact) mass is 459 g/mol. The SMILES string of the molecule is COC(=O)CC1c2ccccc2C(=O)N(CC(=O)NCc2cc(C#N)cs2)c2ccccc21. The van der Waals surface area contributed by atoms with Gasteiger partial charge in [-0.1, -0.05) is 36.4 Å². The molecule has 8 heteroatoms. The number of amides is 2. The molecule has 0 saturated carbocycles. The van der Waals surface area contributed by atoms with Gasteiger partial charge in [-0.2, -0.15) is 5.26 Å². The van der Waals surface area contributed by atoms with Crippen molar-refractivity contribution >= 4 is 34.8 Å². The van der Waals surface area contributed by atoms with Crippen LogP contribution in [0.3, 0.4) is 0 Å². The first-order valence-corrected chi connectivity index (χ1v) is 11.2. The first-order valence-electron chi connectivity index (χ1n) is 10.3. The van der Waals surface area contributed by atoms with E-state index in [4.69, 9.17) is 10.00 Å². The van der Waals surface area contributed by atoms with E-state index in [1.54, 1.807) is 35.7 Å². The van der Waals surface area contributed by atoms with Crippen LogP contribution < -0.4 is 10.2 Å². The molecule has 7 nitrogen and oxygen atoms in total.